The molecule has 0 aliphatic carbocycles. The molecular formula is C10H14O6. The highest BCUT2D eigenvalue weighted by Crippen LogP contribution is 1.98. The summed E-state index contributed by atoms with van der Waals surface area (Å²) in [6.07, 6.45) is -1.55. The van der Waals surface area contributed by atoms with E-state index in [1.54, 1.807) is 0 Å². The molecule has 0 bridgehead atoms. The molecule has 0 aliphatic rings. The number of aliphatic hydroxyl groups excluding tert-OH is 1. The lowest BCUT2D eigenvalue weighted by molar-refractivity contribution is -0.345. The van der Waals surface area contributed by atoms with Gasteiger partial charge in [0.1, 0.15) is 6.61 Å². The number of hydrogen-bond acceptors (Lipinski definition) is 6. The van der Waals surface area contributed by atoms with Crippen LogP contribution in [-0.2, 0) is 24.1 Å². The van der Waals surface area contributed by atoms with Crippen molar-refractivity contribution in [3.05, 3.63) is 24.3 Å². The molecule has 1 atom stereocenters. The maximum absolute atomic E-state index is 10.9. The SMILES string of the molecule is C=C(C)C(=O)OCC(O)OOC(=O)C(=C)C. The normalized spacial score (nSPS) is 11.4. The van der Waals surface area contributed by atoms with Gasteiger partial charge in [-0.15, -0.1) is 4.89 Å². The average molecular weight is 230 g/mol. The van der Waals surface area contributed by atoms with Crippen molar-refractivity contribution in [3.8, 4) is 0 Å². The number of rotatable bonds is 6. The van der Waals surface area contributed by atoms with Crippen LogP contribution in [0.3, 0.4) is 0 Å². The Morgan fingerprint density at radius 3 is 2.12 bits per heavy atom. The van der Waals surface area contributed by atoms with E-state index in [1.807, 2.05) is 0 Å². The van der Waals surface area contributed by atoms with Crippen LogP contribution in [0, 0.1) is 0 Å². The third-order valence-corrected chi connectivity index (χ3v) is 1.29. The van der Waals surface area contributed by atoms with Gasteiger partial charge in [-0.1, -0.05) is 13.2 Å². The van der Waals surface area contributed by atoms with Gasteiger partial charge in [-0.2, -0.15) is 0 Å². The Labute approximate surface area is 93.0 Å². The van der Waals surface area contributed by atoms with Crippen LogP contribution >= 0.6 is 0 Å². The summed E-state index contributed by atoms with van der Waals surface area (Å²) in [4.78, 5) is 30.1. The van der Waals surface area contributed by atoms with Crippen LogP contribution in [0.1, 0.15) is 13.8 Å². The van der Waals surface area contributed by atoms with Gasteiger partial charge in [-0.3, -0.25) is 4.89 Å². The van der Waals surface area contributed by atoms with Gasteiger partial charge in [0.2, 0.25) is 6.29 Å². The summed E-state index contributed by atoms with van der Waals surface area (Å²) in [6.45, 7) is 9.04. The Morgan fingerprint density at radius 2 is 1.69 bits per heavy atom. The lowest BCUT2D eigenvalue weighted by atomic mass is 10.4. The summed E-state index contributed by atoms with van der Waals surface area (Å²) >= 11 is 0. The highest BCUT2D eigenvalue weighted by Gasteiger charge is 2.13. The van der Waals surface area contributed by atoms with Crippen molar-refractivity contribution < 1.29 is 29.2 Å². The summed E-state index contributed by atoms with van der Waals surface area (Å²) in [5.74, 6) is -1.49. The second-order valence-corrected chi connectivity index (χ2v) is 3.08. The standard InChI is InChI=1S/C10H14O6/c1-6(2)9(12)14-5-8(11)15-16-10(13)7(3)4/h8,11H,1,3,5H2,2,4H3. The monoisotopic (exact) mass is 230 g/mol. The molecule has 0 rings (SSSR count). The molecule has 0 aromatic rings. The molecule has 0 spiro atoms. The van der Waals surface area contributed by atoms with Crippen molar-refractivity contribution in [2.75, 3.05) is 6.61 Å². The molecule has 0 heterocycles. The smallest absolute Gasteiger partial charge is 0.368 e. The van der Waals surface area contributed by atoms with Gasteiger partial charge < -0.3 is 9.84 Å². The maximum Gasteiger partial charge on any atom is 0.368 e. The third-order valence-electron chi connectivity index (χ3n) is 1.29. The van der Waals surface area contributed by atoms with E-state index >= 15 is 0 Å². The Morgan fingerprint density at radius 1 is 1.19 bits per heavy atom. The average Bonchev–Trinajstić information content (AvgIpc) is 2.21. The van der Waals surface area contributed by atoms with Crippen LogP contribution < -0.4 is 0 Å². The zero-order chi connectivity index (χ0) is 12.7. The minimum atomic E-state index is -1.55. The van der Waals surface area contributed by atoms with Crippen LogP contribution in [0.25, 0.3) is 0 Å². The molecule has 0 saturated heterocycles. The topological polar surface area (TPSA) is 82.1 Å². The number of carbonyl (C=O) groups excluding carboxylic acids is 2. The fourth-order valence-corrected chi connectivity index (χ4v) is 0.468. The van der Waals surface area contributed by atoms with Gasteiger partial charge in [0.15, 0.2) is 0 Å². The summed E-state index contributed by atoms with van der Waals surface area (Å²) in [5, 5.41) is 9.07. The third kappa shape index (κ3) is 5.94. The van der Waals surface area contributed by atoms with Gasteiger partial charge in [0, 0.05) is 11.1 Å². The highest BCUT2D eigenvalue weighted by atomic mass is 17.2. The minimum Gasteiger partial charge on any atom is -0.457 e. The van der Waals surface area contributed by atoms with Crippen LogP contribution in [-0.4, -0.2) is 29.9 Å². The maximum atomic E-state index is 10.9. The molecule has 0 saturated carbocycles. The van der Waals surface area contributed by atoms with E-state index in [0.29, 0.717) is 0 Å². The molecule has 0 amide bonds. The van der Waals surface area contributed by atoms with Crippen molar-refractivity contribution >= 4 is 11.9 Å². The van der Waals surface area contributed by atoms with E-state index in [1.165, 1.54) is 13.8 Å². The predicted octanol–water partition coefficient (Wildman–Crippen LogP) is 0.475. The quantitative estimate of drug-likeness (QED) is 0.235. The molecular weight excluding hydrogens is 216 g/mol. The van der Waals surface area contributed by atoms with Crippen molar-refractivity contribution in [3.63, 3.8) is 0 Å². The lowest BCUT2D eigenvalue weighted by Crippen LogP contribution is -2.23. The number of hydrogen-bond donors (Lipinski definition) is 1. The largest absolute Gasteiger partial charge is 0.457 e. The van der Waals surface area contributed by atoms with E-state index in [9.17, 15) is 9.59 Å². The summed E-state index contributed by atoms with van der Waals surface area (Å²) in [7, 11) is 0. The fourth-order valence-electron chi connectivity index (χ4n) is 0.468. The van der Waals surface area contributed by atoms with E-state index in [4.69, 9.17) is 5.11 Å². The summed E-state index contributed by atoms with van der Waals surface area (Å²) < 4.78 is 4.53. The van der Waals surface area contributed by atoms with Crippen molar-refractivity contribution in [1.29, 1.82) is 0 Å². The van der Waals surface area contributed by atoms with E-state index in [2.05, 4.69) is 27.7 Å². The molecule has 6 heteroatoms. The molecule has 16 heavy (non-hydrogen) atoms. The molecule has 1 N–H and O–H groups in total. The Bertz CT molecular complexity index is 276. The second-order valence-electron chi connectivity index (χ2n) is 3.08. The molecule has 1 unspecified atom stereocenters. The fraction of sp³-hybridized carbons (Fsp3) is 0.400. The molecule has 0 radical (unpaired) electrons. The first kappa shape index (κ1) is 14.3. The molecule has 90 valence electrons. The molecule has 0 fully saturated rings. The van der Waals surface area contributed by atoms with Gasteiger partial charge in [-0.25, -0.2) is 9.59 Å². The van der Waals surface area contributed by atoms with E-state index in [-0.39, 0.29) is 11.1 Å². The number of esters is 1. The Hall–Kier alpha value is -1.66. The van der Waals surface area contributed by atoms with Crippen LogP contribution in [0.2, 0.25) is 0 Å². The van der Waals surface area contributed by atoms with E-state index in [0.717, 1.165) is 0 Å². The summed E-state index contributed by atoms with van der Waals surface area (Å²) in [6, 6.07) is 0. The molecule has 0 aliphatic heterocycles. The zero-order valence-corrected chi connectivity index (χ0v) is 9.19. The van der Waals surface area contributed by atoms with Crippen molar-refractivity contribution in [1.82, 2.24) is 0 Å². The number of aliphatic hydroxyl groups is 1. The summed E-state index contributed by atoms with van der Waals surface area (Å²) in [5.41, 5.74) is 0.303. The van der Waals surface area contributed by atoms with Gasteiger partial charge in [-0.05, 0) is 13.8 Å². The molecule has 0 aromatic carbocycles. The van der Waals surface area contributed by atoms with Gasteiger partial charge in [0.05, 0.1) is 0 Å². The predicted molar refractivity (Wildman–Crippen MR) is 53.8 cm³/mol. The van der Waals surface area contributed by atoms with Crippen molar-refractivity contribution in [2.24, 2.45) is 0 Å². The lowest BCUT2D eigenvalue weighted by Gasteiger charge is -2.10. The molecule has 0 aromatic heterocycles. The van der Waals surface area contributed by atoms with Crippen LogP contribution in [0.15, 0.2) is 24.3 Å². The Balaban J connectivity index is 3.79. The van der Waals surface area contributed by atoms with Gasteiger partial charge >= 0.3 is 11.9 Å². The van der Waals surface area contributed by atoms with Crippen LogP contribution in [0.4, 0.5) is 0 Å². The minimum absolute atomic E-state index is 0.117. The second kappa shape index (κ2) is 6.76. The first-order chi connectivity index (χ1) is 7.34. The van der Waals surface area contributed by atoms with Gasteiger partial charge in [0.25, 0.3) is 0 Å². The first-order valence-corrected chi connectivity index (χ1v) is 4.38. The van der Waals surface area contributed by atoms with E-state index < -0.39 is 24.8 Å². The number of ether oxygens (including phenoxy) is 1. The number of carbonyl (C=O) groups is 2. The highest BCUT2D eigenvalue weighted by molar-refractivity contribution is 5.87. The Kier molecular flexibility index (Phi) is 6.06. The zero-order valence-electron chi connectivity index (χ0n) is 9.19. The molecule has 6 nitrogen and oxygen atoms in total. The first-order valence-electron chi connectivity index (χ1n) is 4.38. The van der Waals surface area contributed by atoms with Crippen LogP contribution in [0.5, 0.6) is 0 Å². The van der Waals surface area contributed by atoms with Crippen molar-refractivity contribution in [2.45, 2.75) is 20.1 Å².